The van der Waals surface area contributed by atoms with E-state index in [0.717, 1.165) is 36.3 Å². The molecule has 1 unspecified atom stereocenters. The number of benzene rings is 1. The highest BCUT2D eigenvalue weighted by atomic mass is 16.5. The first-order chi connectivity index (χ1) is 9.14. The zero-order valence-corrected chi connectivity index (χ0v) is 12.2. The molecule has 0 fully saturated rings. The van der Waals surface area contributed by atoms with Crippen molar-refractivity contribution < 1.29 is 9.47 Å². The predicted octanol–water partition coefficient (Wildman–Crippen LogP) is 3.82. The molecule has 1 heterocycles. The number of hydrogen-bond acceptors (Lipinski definition) is 3. The minimum atomic E-state index is -0.0863. The van der Waals surface area contributed by atoms with Gasteiger partial charge in [-0.2, -0.15) is 0 Å². The summed E-state index contributed by atoms with van der Waals surface area (Å²) in [6.45, 7) is 4.40. The van der Waals surface area contributed by atoms with Crippen molar-refractivity contribution in [1.29, 1.82) is 0 Å². The van der Waals surface area contributed by atoms with Crippen molar-refractivity contribution in [2.45, 2.75) is 57.6 Å². The Labute approximate surface area is 116 Å². The van der Waals surface area contributed by atoms with Crippen molar-refractivity contribution in [2.24, 2.45) is 5.73 Å². The standard InChI is InChI=1S/C16H25NO2/c1-4-6-9-16(5-2)11-14(17)13-10-12(18-3)7-8-15(13)19-16/h7-8,10,14H,4-6,9,11,17H2,1-3H3/t14-,16?/m0/s1. The van der Waals surface area contributed by atoms with Gasteiger partial charge >= 0.3 is 0 Å². The zero-order valence-electron chi connectivity index (χ0n) is 12.2. The molecule has 19 heavy (non-hydrogen) atoms. The van der Waals surface area contributed by atoms with Gasteiger partial charge in [0.2, 0.25) is 0 Å². The average Bonchev–Trinajstić information content (AvgIpc) is 2.45. The lowest BCUT2D eigenvalue weighted by molar-refractivity contribution is 0.0216. The molecule has 1 aromatic rings. The molecular formula is C16H25NO2. The van der Waals surface area contributed by atoms with E-state index in [4.69, 9.17) is 15.2 Å². The zero-order chi connectivity index (χ0) is 13.9. The summed E-state index contributed by atoms with van der Waals surface area (Å²) in [6, 6.07) is 5.97. The van der Waals surface area contributed by atoms with Crippen molar-refractivity contribution in [1.82, 2.24) is 0 Å². The Kier molecular flexibility index (Phi) is 4.35. The molecular weight excluding hydrogens is 238 g/mol. The highest BCUT2D eigenvalue weighted by Crippen LogP contribution is 2.43. The van der Waals surface area contributed by atoms with E-state index in [1.807, 2.05) is 18.2 Å². The Balaban J connectivity index is 2.27. The molecule has 0 aliphatic carbocycles. The average molecular weight is 263 g/mol. The molecule has 3 heteroatoms. The van der Waals surface area contributed by atoms with Gasteiger partial charge in [-0.15, -0.1) is 0 Å². The molecule has 0 amide bonds. The SMILES string of the molecule is CCCCC1(CC)C[C@H](N)c2cc(OC)ccc2O1. The lowest BCUT2D eigenvalue weighted by Crippen LogP contribution is -2.42. The van der Waals surface area contributed by atoms with Crippen molar-refractivity contribution in [2.75, 3.05) is 7.11 Å². The fourth-order valence-corrected chi connectivity index (χ4v) is 2.87. The first-order valence-corrected chi connectivity index (χ1v) is 7.26. The van der Waals surface area contributed by atoms with Crippen LogP contribution in [0, 0.1) is 0 Å². The van der Waals surface area contributed by atoms with Crippen LogP contribution in [0.2, 0.25) is 0 Å². The largest absolute Gasteiger partial charge is 0.497 e. The van der Waals surface area contributed by atoms with Gasteiger partial charge in [0.1, 0.15) is 17.1 Å². The van der Waals surface area contributed by atoms with Crippen LogP contribution < -0.4 is 15.2 Å². The topological polar surface area (TPSA) is 44.5 Å². The molecule has 0 saturated carbocycles. The molecule has 106 valence electrons. The third kappa shape index (κ3) is 2.86. The summed E-state index contributed by atoms with van der Waals surface area (Å²) in [7, 11) is 1.68. The van der Waals surface area contributed by atoms with Gasteiger partial charge in [-0.25, -0.2) is 0 Å². The van der Waals surface area contributed by atoms with Crippen LogP contribution in [0.5, 0.6) is 11.5 Å². The van der Waals surface area contributed by atoms with Crippen LogP contribution in [-0.4, -0.2) is 12.7 Å². The van der Waals surface area contributed by atoms with Crippen LogP contribution in [0.3, 0.4) is 0 Å². The maximum absolute atomic E-state index is 6.36. The van der Waals surface area contributed by atoms with Gasteiger partial charge in [0.15, 0.2) is 0 Å². The molecule has 1 aliphatic rings. The van der Waals surface area contributed by atoms with Gasteiger partial charge < -0.3 is 15.2 Å². The molecule has 2 atom stereocenters. The van der Waals surface area contributed by atoms with Crippen molar-refractivity contribution >= 4 is 0 Å². The van der Waals surface area contributed by atoms with Crippen molar-refractivity contribution in [3.05, 3.63) is 23.8 Å². The fourth-order valence-electron chi connectivity index (χ4n) is 2.87. The molecule has 0 bridgehead atoms. The number of fused-ring (bicyclic) bond motifs is 1. The van der Waals surface area contributed by atoms with E-state index in [9.17, 15) is 0 Å². The molecule has 0 saturated heterocycles. The second-order valence-electron chi connectivity index (χ2n) is 5.46. The molecule has 0 spiro atoms. The van der Waals surface area contributed by atoms with E-state index < -0.39 is 0 Å². The highest BCUT2D eigenvalue weighted by molar-refractivity contribution is 5.44. The predicted molar refractivity (Wildman–Crippen MR) is 77.7 cm³/mol. The van der Waals surface area contributed by atoms with Crippen LogP contribution in [0.1, 0.15) is 57.6 Å². The number of hydrogen-bond donors (Lipinski definition) is 1. The molecule has 1 aliphatic heterocycles. The van der Waals surface area contributed by atoms with E-state index in [0.29, 0.717) is 0 Å². The monoisotopic (exact) mass is 263 g/mol. The molecule has 0 radical (unpaired) electrons. The molecule has 2 N–H and O–H groups in total. The van der Waals surface area contributed by atoms with E-state index in [-0.39, 0.29) is 11.6 Å². The smallest absolute Gasteiger partial charge is 0.125 e. The summed E-state index contributed by atoms with van der Waals surface area (Å²) in [6.07, 6.45) is 5.36. The summed E-state index contributed by atoms with van der Waals surface area (Å²) in [5.74, 6) is 1.77. The lowest BCUT2D eigenvalue weighted by atomic mass is 9.82. The van der Waals surface area contributed by atoms with Crippen LogP contribution in [0.15, 0.2) is 18.2 Å². The molecule has 2 rings (SSSR count). The van der Waals surface area contributed by atoms with Gasteiger partial charge in [0.05, 0.1) is 7.11 Å². The van der Waals surface area contributed by atoms with Crippen molar-refractivity contribution in [3.63, 3.8) is 0 Å². The minimum absolute atomic E-state index is 0.0376. The Hall–Kier alpha value is -1.22. The number of ether oxygens (including phenoxy) is 2. The molecule has 1 aromatic carbocycles. The fraction of sp³-hybridized carbons (Fsp3) is 0.625. The number of methoxy groups -OCH3 is 1. The summed E-state index contributed by atoms with van der Waals surface area (Å²) in [5, 5.41) is 0. The second kappa shape index (κ2) is 5.83. The maximum atomic E-state index is 6.36. The molecule has 3 nitrogen and oxygen atoms in total. The third-order valence-electron chi connectivity index (χ3n) is 4.17. The van der Waals surface area contributed by atoms with E-state index >= 15 is 0 Å². The first kappa shape index (κ1) is 14.2. The maximum Gasteiger partial charge on any atom is 0.125 e. The van der Waals surface area contributed by atoms with Crippen LogP contribution >= 0.6 is 0 Å². The Morgan fingerprint density at radius 3 is 2.84 bits per heavy atom. The van der Waals surface area contributed by atoms with Gasteiger partial charge in [-0.1, -0.05) is 20.3 Å². The van der Waals surface area contributed by atoms with Gasteiger partial charge in [-0.05, 0) is 37.5 Å². The van der Waals surface area contributed by atoms with E-state index in [1.54, 1.807) is 7.11 Å². The van der Waals surface area contributed by atoms with Crippen molar-refractivity contribution in [3.8, 4) is 11.5 Å². The number of rotatable bonds is 5. The number of nitrogens with two attached hydrogens (primary N) is 1. The normalized spacial score (nSPS) is 25.6. The summed E-state index contributed by atoms with van der Waals surface area (Å²) < 4.78 is 11.6. The summed E-state index contributed by atoms with van der Waals surface area (Å²) >= 11 is 0. The van der Waals surface area contributed by atoms with Gasteiger partial charge in [0, 0.05) is 18.0 Å². The Morgan fingerprint density at radius 1 is 1.42 bits per heavy atom. The van der Waals surface area contributed by atoms with E-state index in [1.165, 1.54) is 12.8 Å². The second-order valence-corrected chi connectivity index (χ2v) is 5.46. The number of unbranched alkanes of at least 4 members (excludes halogenated alkanes) is 1. The quantitative estimate of drug-likeness (QED) is 0.878. The van der Waals surface area contributed by atoms with Crippen LogP contribution in [-0.2, 0) is 0 Å². The van der Waals surface area contributed by atoms with Gasteiger partial charge in [0.25, 0.3) is 0 Å². The lowest BCUT2D eigenvalue weighted by Gasteiger charge is -2.41. The van der Waals surface area contributed by atoms with Crippen LogP contribution in [0.4, 0.5) is 0 Å². The Morgan fingerprint density at radius 2 is 2.21 bits per heavy atom. The third-order valence-corrected chi connectivity index (χ3v) is 4.17. The highest BCUT2D eigenvalue weighted by Gasteiger charge is 2.38. The van der Waals surface area contributed by atoms with Gasteiger partial charge in [-0.3, -0.25) is 0 Å². The summed E-state index contributed by atoms with van der Waals surface area (Å²) in [4.78, 5) is 0. The molecule has 0 aromatic heterocycles. The summed E-state index contributed by atoms with van der Waals surface area (Å²) in [5.41, 5.74) is 7.34. The van der Waals surface area contributed by atoms with E-state index in [2.05, 4.69) is 13.8 Å². The first-order valence-electron chi connectivity index (χ1n) is 7.26. The Bertz CT molecular complexity index is 433. The van der Waals surface area contributed by atoms with Crippen LogP contribution in [0.25, 0.3) is 0 Å². The minimum Gasteiger partial charge on any atom is -0.497 e.